The van der Waals surface area contributed by atoms with Crippen molar-refractivity contribution >= 4 is 53.7 Å². The van der Waals surface area contributed by atoms with Gasteiger partial charge >= 0.3 is 18.3 Å². The molecule has 0 saturated carbocycles. The molecule has 0 unspecified atom stereocenters. The summed E-state index contributed by atoms with van der Waals surface area (Å²) in [5.41, 5.74) is 2.14. The van der Waals surface area contributed by atoms with Crippen molar-refractivity contribution in [1.82, 2.24) is 31.9 Å². The molecule has 6 N–H and O–H groups in total. The maximum Gasteiger partial charge on any atom is 0.373 e. The number of benzene rings is 2. The quantitative estimate of drug-likeness (QED) is 0.0406. The average molecular weight is 1220 g/mol. The number of amides is 6. The van der Waals surface area contributed by atoms with Gasteiger partial charge in [-0.15, -0.1) is 0 Å². The van der Waals surface area contributed by atoms with Crippen LogP contribution >= 0.6 is 11.8 Å². The second-order valence-corrected chi connectivity index (χ2v) is 23.0. The van der Waals surface area contributed by atoms with E-state index in [1.165, 1.54) is 0 Å². The lowest BCUT2D eigenvalue weighted by Crippen LogP contribution is -2.36. The summed E-state index contributed by atoms with van der Waals surface area (Å²) in [7, 11) is 0. The number of ether oxygens (including phenoxy) is 10. The highest BCUT2D eigenvalue weighted by Crippen LogP contribution is 2.33. The Morgan fingerprint density at radius 1 is 0.518 bits per heavy atom. The molecule has 2 fully saturated rings. The van der Waals surface area contributed by atoms with E-state index >= 15 is 0 Å². The number of rotatable bonds is 44. The first-order valence-electron chi connectivity index (χ1n) is 28.8. The minimum atomic E-state index is -0.397. The normalized spacial score (nSPS) is 15.0. The highest BCUT2D eigenvalue weighted by atomic mass is 32.2. The van der Waals surface area contributed by atoms with Crippen molar-refractivity contribution in [2.75, 3.05) is 151 Å². The molecule has 2 aromatic carbocycles. The third kappa shape index (κ3) is 39.3. The van der Waals surface area contributed by atoms with E-state index in [9.17, 15) is 24.0 Å². The summed E-state index contributed by atoms with van der Waals surface area (Å²) in [6.07, 6.45) is 5.38. The average Bonchev–Trinajstić information content (AvgIpc) is 4.28. The van der Waals surface area contributed by atoms with Crippen molar-refractivity contribution in [3.63, 3.8) is 0 Å². The van der Waals surface area contributed by atoms with Crippen molar-refractivity contribution in [3.05, 3.63) is 48.0 Å². The van der Waals surface area contributed by atoms with E-state index in [1.54, 1.807) is 42.5 Å². The molecule has 0 spiro atoms. The van der Waals surface area contributed by atoms with E-state index < -0.39 is 5.91 Å². The van der Waals surface area contributed by atoms with Crippen LogP contribution in [0.2, 0.25) is 0 Å². The van der Waals surface area contributed by atoms with Gasteiger partial charge in [0.2, 0.25) is 5.91 Å². The maximum absolute atomic E-state index is 13.5. The molecule has 0 bridgehead atoms. The predicted molar refractivity (Wildman–Crippen MR) is 313 cm³/mol. The first-order chi connectivity index (χ1) is 40.9. The summed E-state index contributed by atoms with van der Waals surface area (Å²) in [6, 6.07) is 12.2. The van der Waals surface area contributed by atoms with Crippen molar-refractivity contribution < 1.29 is 90.5 Å². The highest BCUT2D eigenvalue weighted by molar-refractivity contribution is 8.00. The fraction of sp³-hybridized carbons (Fsp3) is 0.678. The lowest BCUT2D eigenvalue weighted by atomic mass is 9.93. The van der Waals surface area contributed by atoms with Crippen LogP contribution in [0, 0.1) is 10.8 Å². The fourth-order valence-electron chi connectivity index (χ4n) is 7.77. The van der Waals surface area contributed by atoms with Gasteiger partial charge in [-0.1, -0.05) is 60.1 Å². The Labute approximate surface area is 504 Å². The van der Waals surface area contributed by atoms with Crippen LogP contribution in [0.25, 0.3) is 11.1 Å². The van der Waals surface area contributed by atoms with Crippen LogP contribution in [0.3, 0.4) is 0 Å². The van der Waals surface area contributed by atoms with Crippen molar-refractivity contribution in [2.45, 2.75) is 97.4 Å². The summed E-state index contributed by atoms with van der Waals surface area (Å²) in [6.45, 7) is 21.2. The second kappa shape index (κ2) is 46.2. The van der Waals surface area contributed by atoms with Gasteiger partial charge in [-0.2, -0.15) is 30.9 Å². The van der Waals surface area contributed by atoms with Gasteiger partial charge < -0.3 is 79.3 Å². The molecule has 2 aliphatic rings. The third-order valence-corrected chi connectivity index (χ3v) is 13.8. The SMILES string of the molecule is CC(C)(C)CCOCCOCCOCCOCCNC(=O)COc1ccc(-c2cc(OCC(=O)NCCOCCOCCOCCOCCC(C)(C)C)cc(C(=O)NCCNC(=O)CCCC[C@@H]3SC[C@@H]4NC(=O)N[C@@H]43)c2)cc1.O=C=O.O=C=O. The smallest absolute Gasteiger partial charge is 0.373 e. The zero-order chi connectivity index (χ0) is 62.4. The molecule has 0 aromatic heterocycles. The van der Waals surface area contributed by atoms with Crippen LogP contribution in [0.5, 0.6) is 11.5 Å². The van der Waals surface area contributed by atoms with Gasteiger partial charge in [-0.3, -0.25) is 19.2 Å². The lowest BCUT2D eigenvalue weighted by Gasteiger charge is -2.17. The number of carbonyl (C=O) groups excluding carboxylic acids is 9. The van der Waals surface area contributed by atoms with Gasteiger partial charge in [0, 0.05) is 62.4 Å². The van der Waals surface area contributed by atoms with Crippen molar-refractivity contribution in [1.29, 1.82) is 0 Å². The molecule has 25 nitrogen and oxygen atoms in total. The molecule has 478 valence electrons. The van der Waals surface area contributed by atoms with Crippen LogP contribution in [0.4, 0.5) is 4.79 Å². The van der Waals surface area contributed by atoms with E-state index in [-0.39, 0.29) is 110 Å². The summed E-state index contributed by atoms with van der Waals surface area (Å²) in [4.78, 5) is 95.6. The van der Waals surface area contributed by atoms with E-state index in [0.29, 0.717) is 122 Å². The maximum atomic E-state index is 13.5. The van der Waals surface area contributed by atoms with Crippen LogP contribution in [-0.4, -0.2) is 210 Å². The molecule has 2 heterocycles. The largest absolute Gasteiger partial charge is 0.484 e. The molecule has 2 saturated heterocycles. The molecule has 2 aliphatic heterocycles. The van der Waals surface area contributed by atoms with Gasteiger partial charge in [-0.05, 0) is 78.0 Å². The number of unbranched alkanes of at least 4 members (excludes halogenated alkanes) is 1. The van der Waals surface area contributed by atoms with Crippen molar-refractivity contribution in [2.24, 2.45) is 10.8 Å². The molecule has 0 radical (unpaired) electrons. The van der Waals surface area contributed by atoms with E-state index in [2.05, 4.69) is 73.4 Å². The Hall–Kier alpha value is -6.02. The molecule has 85 heavy (non-hydrogen) atoms. The summed E-state index contributed by atoms with van der Waals surface area (Å²) < 4.78 is 56.1. The monoisotopic (exact) mass is 1220 g/mol. The third-order valence-electron chi connectivity index (χ3n) is 12.3. The van der Waals surface area contributed by atoms with Gasteiger partial charge in [0.05, 0.1) is 105 Å². The molecule has 0 aliphatic carbocycles. The van der Waals surface area contributed by atoms with E-state index in [4.69, 9.17) is 66.5 Å². The van der Waals surface area contributed by atoms with Crippen LogP contribution in [0.1, 0.15) is 90.4 Å². The number of hydrogen-bond acceptors (Lipinski definition) is 20. The molecule has 2 aromatic rings. The highest BCUT2D eigenvalue weighted by Gasteiger charge is 2.42. The summed E-state index contributed by atoms with van der Waals surface area (Å²) >= 11 is 1.85. The standard InChI is InChI=1S/C57H92N6O15S.2CO2/c1-56(2,3)15-21-69-25-29-73-33-35-75-31-27-71-23-19-59-51(65)40-77-46-13-11-43(12-14-46)44-37-45(54(67)61-18-17-58-50(64)10-8-7-9-49-53-48(42-79-49)62-55(68)63-53)39-47(38-44)78-41-52(66)60-20-24-72-28-32-76-36-34-74-30-26-70-22-16-57(4,5)6;2*2-1-3/h11-14,37-39,48-49,53H,7-10,15-36,40-42H2,1-6H3,(H,58,64)(H,59,65)(H,60,66)(H,61,67)(H2,62,63,68);;/t48-,49-,53-;;/m0../s1. The van der Waals surface area contributed by atoms with E-state index in [1.807, 2.05) is 11.8 Å². The second-order valence-electron chi connectivity index (χ2n) is 21.7. The number of thioether (sulfide) groups is 1. The molecule has 3 atom stereocenters. The number of fused-ring (bicyclic) bond motifs is 1. The first-order valence-corrected chi connectivity index (χ1v) is 29.8. The first kappa shape index (κ1) is 75.1. The zero-order valence-corrected chi connectivity index (χ0v) is 51.3. The van der Waals surface area contributed by atoms with Gasteiger partial charge in [0.1, 0.15) is 11.5 Å². The molecule has 6 amide bonds. The van der Waals surface area contributed by atoms with Gasteiger partial charge in [-0.25, -0.2) is 4.79 Å². The Balaban J connectivity index is 0.00000393. The minimum Gasteiger partial charge on any atom is -0.484 e. The summed E-state index contributed by atoms with van der Waals surface area (Å²) in [5.74, 6) is 0.467. The van der Waals surface area contributed by atoms with Crippen LogP contribution in [0.15, 0.2) is 42.5 Å². The summed E-state index contributed by atoms with van der Waals surface area (Å²) in [5, 5.41) is 17.6. The van der Waals surface area contributed by atoms with E-state index in [0.717, 1.165) is 50.0 Å². The lowest BCUT2D eigenvalue weighted by molar-refractivity contribution is -0.193. The fourth-order valence-corrected chi connectivity index (χ4v) is 9.32. The van der Waals surface area contributed by atoms with Crippen molar-refractivity contribution in [3.8, 4) is 22.6 Å². The number of nitrogens with one attached hydrogen (secondary N) is 6. The Morgan fingerprint density at radius 3 is 1.44 bits per heavy atom. The molecule has 26 heteroatoms. The minimum absolute atomic E-state index is 0.0999. The molecule has 4 rings (SSSR count). The van der Waals surface area contributed by atoms with Gasteiger partial charge in [0.15, 0.2) is 13.2 Å². The van der Waals surface area contributed by atoms with Gasteiger partial charge in [0.25, 0.3) is 17.7 Å². The number of urea groups is 1. The van der Waals surface area contributed by atoms with Crippen LogP contribution < -0.4 is 41.4 Å². The topological polar surface area (TPSA) is 318 Å². The van der Waals surface area contributed by atoms with Crippen LogP contribution in [-0.2, 0) is 71.5 Å². The zero-order valence-electron chi connectivity index (χ0n) is 50.4. The number of hydrogen-bond donors (Lipinski definition) is 6. The number of carbonyl (C=O) groups is 5. The Kier molecular flexibility index (Phi) is 40.8. The Morgan fingerprint density at radius 2 is 0.953 bits per heavy atom. The molecular formula is C59H92N6O19S. The Bertz CT molecular complexity index is 2240. The predicted octanol–water partition coefficient (Wildman–Crippen LogP) is 3.75. The molecular weight excluding hydrogens is 1130 g/mol.